The molecule has 1 atom stereocenters. The van der Waals surface area contributed by atoms with Crippen LogP contribution in [0.15, 0.2) is 53.4 Å². The quantitative estimate of drug-likeness (QED) is 0.720. The zero-order valence-electron chi connectivity index (χ0n) is 14.9. The maximum absolute atomic E-state index is 13.5. The van der Waals surface area contributed by atoms with Gasteiger partial charge in [-0.25, -0.2) is 12.8 Å². The summed E-state index contributed by atoms with van der Waals surface area (Å²) in [6.07, 6.45) is 0. The molecule has 2 rings (SSSR count). The van der Waals surface area contributed by atoms with Gasteiger partial charge in [-0.3, -0.25) is 4.79 Å². The summed E-state index contributed by atoms with van der Waals surface area (Å²) in [5, 5.41) is 0.410. The Balaban J connectivity index is 1.89. The van der Waals surface area contributed by atoms with Crippen LogP contribution in [0.25, 0.3) is 0 Å². The Bertz CT molecular complexity index is 890. The molecule has 2 aromatic carbocycles. The average molecular weight is 415 g/mol. The number of nitrogens with zero attached hydrogens (tertiary/aromatic N) is 1. The number of nitrogens with one attached hydrogen (secondary N) is 1. The molecule has 1 N–H and O–H groups in total. The van der Waals surface area contributed by atoms with Crippen LogP contribution in [-0.2, 0) is 14.8 Å². The second kappa shape index (κ2) is 9.16. The highest BCUT2D eigenvalue weighted by Crippen LogP contribution is 2.16. The summed E-state index contributed by atoms with van der Waals surface area (Å²) in [5.74, 6) is -0.838. The lowest BCUT2D eigenvalue weighted by Gasteiger charge is -2.22. The first-order chi connectivity index (χ1) is 12.7. The molecule has 1 amide bonds. The maximum atomic E-state index is 13.5. The Morgan fingerprint density at radius 2 is 1.85 bits per heavy atom. The molecule has 0 unspecified atom stereocenters. The smallest absolute Gasteiger partial charge is 0.241 e. The van der Waals surface area contributed by atoms with E-state index in [1.807, 2.05) is 0 Å². The predicted molar refractivity (Wildman–Crippen MR) is 101 cm³/mol. The number of ether oxygens (including phenoxy) is 1. The lowest BCUT2D eigenvalue weighted by atomic mass is 10.3. The van der Waals surface area contributed by atoms with Crippen molar-refractivity contribution in [3.63, 3.8) is 0 Å². The van der Waals surface area contributed by atoms with Gasteiger partial charge in [0.2, 0.25) is 15.9 Å². The third-order valence-electron chi connectivity index (χ3n) is 3.72. The first kappa shape index (κ1) is 21.1. The van der Waals surface area contributed by atoms with Crippen molar-refractivity contribution in [1.29, 1.82) is 0 Å². The van der Waals surface area contributed by atoms with Crippen molar-refractivity contribution in [2.45, 2.75) is 17.9 Å². The lowest BCUT2D eigenvalue weighted by Crippen LogP contribution is -2.46. The number of amides is 1. The van der Waals surface area contributed by atoms with E-state index in [1.165, 1.54) is 55.3 Å². The molecule has 0 aliphatic rings. The fourth-order valence-electron chi connectivity index (χ4n) is 2.26. The fraction of sp³-hybridized carbons (Fsp3) is 0.278. The molecule has 0 radical (unpaired) electrons. The van der Waals surface area contributed by atoms with Gasteiger partial charge < -0.3 is 9.64 Å². The minimum atomic E-state index is -3.86. The van der Waals surface area contributed by atoms with E-state index in [9.17, 15) is 17.6 Å². The highest BCUT2D eigenvalue weighted by atomic mass is 35.5. The minimum absolute atomic E-state index is 0.0112. The number of sulfonamides is 1. The Morgan fingerprint density at radius 1 is 1.22 bits per heavy atom. The molecule has 27 heavy (non-hydrogen) atoms. The van der Waals surface area contributed by atoms with Crippen LogP contribution in [0, 0.1) is 5.82 Å². The van der Waals surface area contributed by atoms with Crippen LogP contribution in [0.1, 0.15) is 6.92 Å². The molecule has 0 heterocycles. The number of hydrogen-bond acceptors (Lipinski definition) is 4. The molecule has 0 fully saturated rings. The fourth-order valence-corrected chi connectivity index (χ4v) is 3.58. The van der Waals surface area contributed by atoms with E-state index in [-0.39, 0.29) is 23.8 Å². The molecular formula is C18H20ClFN2O4S. The van der Waals surface area contributed by atoms with Crippen LogP contribution >= 0.6 is 11.6 Å². The number of carbonyl (C=O) groups excluding carboxylic acids is 1. The van der Waals surface area contributed by atoms with Crippen molar-refractivity contribution in [2.75, 3.05) is 20.2 Å². The van der Waals surface area contributed by atoms with Crippen molar-refractivity contribution in [1.82, 2.24) is 9.62 Å². The Morgan fingerprint density at radius 3 is 2.48 bits per heavy atom. The number of carbonyl (C=O) groups is 1. The van der Waals surface area contributed by atoms with Crippen LogP contribution in [0.5, 0.6) is 5.75 Å². The summed E-state index contributed by atoms with van der Waals surface area (Å²) in [6, 6.07) is 10.6. The van der Waals surface area contributed by atoms with Gasteiger partial charge >= 0.3 is 0 Å². The highest BCUT2D eigenvalue weighted by Gasteiger charge is 2.24. The normalized spacial score (nSPS) is 12.4. The van der Waals surface area contributed by atoms with Crippen molar-refractivity contribution in [3.8, 4) is 5.75 Å². The summed E-state index contributed by atoms with van der Waals surface area (Å²) in [7, 11) is -2.35. The number of halogens is 2. The van der Waals surface area contributed by atoms with Gasteiger partial charge in [-0.1, -0.05) is 23.7 Å². The number of benzene rings is 2. The van der Waals surface area contributed by atoms with E-state index < -0.39 is 27.8 Å². The van der Waals surface area contributed by atoms with Crippen LogP contribution in [0.3, 0.4) is 0 Å². The molecule has 6 nitrogen and oxygen atoms in total. The van der Waals surface area contributed by atoms with Gasteiger partial charge in [0.25, 0.3) is 0 Å². The van der Waals surface area contributed by atoms with E-state index in [0.29, 0.717) is 5.02 Å². The molecule has 0 bridgehead atoms. The molecule has 0 aliphatic heterocycles. The van der Waals surface area contributed by atoms with Crippen LogP contribution in [-0.4, -0.2) is 45.5 Å². The topological polar surface area (TPSA) is 75.7 Å². The third-order valence-corrected chi connectivity index (χ3v) is 5.53. The lowest BCUT2D eigenvalue weighted by molar-refractivity contribution is -0.131. The van der Waals surface area contributed by atoms with Crippen LogP contribution in [0.2, 0.25) is 5.02 Å². The second-order valence-electron chi connectivity index (χ2n) is 5.84. The van der Waals surface area contributed by atoms with Crippen LogP contribution in [0.4, 0.5) is 4.39 Å². The van der Waals surface area contributed by atoms with Crippen molar-refractivity contribution in [2.24, 2.45) is 0 Å². The average Bonchev–Trinajstić information content (AvgIpc) is 2.62. The standard InChI is InChI=1S/C18H20ClFN2O4S/c1-13(21-27(24,25)15-9-7-14(19)8-10-15)18(23)22(2)11-12-26-17-6-4-3-5-16(17)20/h3-10,13,21H,11-12H2,1-2H3/t13-/m0/s1. The molecule has 0 aromatic heterocycles. The van der Waals surface area contributed by atoms with Crippen molar-refractivity contribution >= 4 is 27.5 Å². The summed E-state index contributed by atoms with van der Waals surface area (Å²) < 4.78 is 45.8. The van der Waals surface area contributed by atoms with Crippen molar-refractivity contribution < 1.29 is 22.3 Å². The van der Waals surface area contributed by atoms with Crippen molar-refractivity contribution in [3.05, 3.63) is 59.4 Å². The highest BCUT2D eigenvalue weighted by molar-refractivity contribution is 7.89. The largest absolute Gasteiger partial charge is 0.489 e. The van der Waals surface area contributed by atoms with E-state index in [2.05, 4.69) is 4.72 Å². The number of hydrogen-bond donors (Lipinski definition) is 1. The molecule has 9 heteroatoms. The third kappa shape index (κ3) is 5.92. The summed E-state index contributed by atoms with van der Waals surface area (Å²) in [5.41, 5.74) is 0. The summed E-state index contributed by atoms with van der Waals surface area (Å²) in [6.45, 7) is 1.68. The zero-order chi connectivity index (χ0) is 20.0. The number of rotatable bonds is 8. The molecule has 0 aliphatic carbocycles. The molecule has 0 saturated heterocycles. The van der Waals surface area contributed by atoms with Gasteiger partial charge in [0.15, 0.2) is 11.6 Å². The van der Waals surface area contributed by atoms with E-state index in [1.54, 1.807) is 12.1 Å². The predicted octanol–water partition coefficient (Wildman–Crippen LogP) is 2.68. The van der Waals surface area contributed by atoms with Gasteiger partial charge in [-0.15, -0.1) is 0 Å². The van der Waals surface area contributed by atoms with E-state index in [0.717, 1.165) is 0 Å². The van der Waals surface area contributed by atoms with E-state index in [4.69, 9.17) is 16.3 Å². The van der Waals surface area contributed by atoms with Gasteiger partial charge in [0.1, 0.15) is 6.61 Å². The van der Waals surface area contributed by atoms with Gasteiger partial charge in [0.05, 0.1) is 17.5 Å². The van der Waals surface area contributed by atoms with Crippen LogP contribution < -0.4 is 9.46 Å². The second-order valence-corrected chi connectivity index (χ2v) is 7.99. The monoisotopic (exact) mass is 414 g/mol. The Kier molecular flexibility index (Phi) is 7.18. The Labute approximate surface area is 162 Å². The minimum Gasteiger partial charge on any atom is -0.489 e. The molecular weight excluding hydrogens is 395 g/mol. The van der Waals surface area contributed by atoms with Gasteiger partial charge in [0, 0.05) is 12.1 Å². The van der Waals surface area contributed by atoms with Gasteiger partial charge in [-0.2, -0.15) is 4.72 Å². The Hall–Kier alpha value is -2.16. The molecule has 0 spiro atoms. The zero-order valence-corrected chi connectivity index (χ0v) is 16.4. The first-order valence-corrected chi connectivity index (χ1v) is 9.97. The molecule has 146 valence electrons. The molecule has 2 aromatic rings. The number of para-hydroxylation sites is 1. The summed E-state index contributed by atoms with van der Waals surface area (Å²) >= 11 is 5.75. The summed E-state index contributed by atoms with van der Waals surface area (Å²) in [4.78, 5) is 13.7. The number of likely N-dealkylation sites (N-methyl/N-ethyl adjacent to an activating group) is 1. The maximum Gasteiger partial charge on any atom is 0.241 e. The van der Waals surface area contributed by atoms with E-state index >= 15 is 0 Å². The first-order valence-electron chi connectivity index (χ1n) is 8.11. The SMILES string of the molecule is C[C@H](NS(=O)(=O)c1ccc(Cl)cc1)C(=O)N(C)CCOc1ccccc1F. The molecule has 0 saturated carbocycles. The van der Waals surface area contributed by atoms with Gasteiger partial charge in [-0.05, 0) is 43.3 Å².